The Hall–Kier alpha value is -2.48. The van der Waals surface area contributed by atoms with Gasteiger partial charge in [0.15, 0.2) is 10.9 Å². The fourth-order valence-electron chi connectivity index (χ4n) is 4.39. The van der Waals surface area contributed by atoms with E-state index in [4.69, 9.17) is 0 Å². The molecule has 28 heavy (non-hydrogen) atoms. The van der Waals surface area contributed by atoms with Crippen LogP contribution in [0.2, 0.25) is 0 Å². The van der Waals surface area contributed by atoms with Gasteiger partial charge < -0.3 is 5.32 Å². The minimum Gasteiger partial charge on any atom is -0.323 e. The number of aromatic nitrogens is 2. The van der Waals surface area contributed by atoms with Crippen molar-refractivity contribution < 1.29 is 14.4 Å². The molecule has 0 bridgehead atoms. The van der Waals surface area contributed by atoms with Crippen molar-refractivity contribution in [1.82, 2.24) is 19.8 Å². The number of aryl methyl sites for hydroxylation is 1. The van der Waals surface area contributed by atoms with Gasteiger partial charge in [0.1, 0.15) is 5.54 Å². The van der Waals surface area contributed by atoms with Crippen molar-refractivity contribution in [1.29, 1.82) is 0 Å². The summed E-state index contributed by atoms with van der Waals surface area (Å²) in [5, 5.41) is 5.57. The van der Waals surface area contributed by atoms with Gasteiger partial charge in [-0.1, -0.05) is 25.7 Å². The number of nitrogens with one attached hydrogen (secondary N) is 1. The molecular weight excluding hydrogens is 376 g/mol. The summed E-state index contributed by atoms with van der Waals surface area (Å²) in [6, 6.07) is 1.35. The second-order valence-corrected chi connectivity index (χ2v) is 8.55. The van der Waals surface area contributed by atoms with E-state index in [-0.39, 0.29) is 18.2 Å². The first-order chi connectivity index (χ1) is 13.4. The third-order valence-electron chi connectivity index (χ3n) is 5.85. The Bertz CT molecular complexity index is 924. The lowest BCUT2D eigenvalue weighted by Crippen LogP contribution is -2.46. The van der Waals surface area contributed by atoms with Crippen LogP contribution in [0.15, 0.2) is 17.6 Å². The number of hydrogen-bond donors (Lipinski definition) is 1. The highest BCUT2D eigenvalue weighted by molar-refractivity contribution is 7.12. The van der Waals surface area contributed by atoms with E-state index in [0.29, 0.717) is 18.4 Å². The number of nitrogens with zero attached hydrogens (tertiary/aromatic N) is 3. The maximum Gasteiger partial charge on any atom is 0.325 e. The van der Waals surface area contributed by atoms with Crippen LogP contribution >= 0.6 is 11.3 Å². The van der Waals surface area contributed by atoms with Gasteiger partial charge in [0.05, 0.1) is 6.54 Å². The number of ketones is 1. The zero-order valence-electron chi connectivity index (χ0n) is 16.2. The van der Waals surface area contributed by atoms with Crippen molar-refractivity contribution in [3.05, 3.63) is 34.6 Å². The predicted octanol–water partition coefficient (Wildman–Crippen LogP) is 3.38. The van der Waals surface area contributed by atoms with Gasteiger partial charge in [0, 0.05) is 28.5 Å². The lowest BCUT2D eigenvalue weighted by Gasteiger charge is -2.24. The highest BCUT2D eigenvalue weighted by Gasteiger charge is 2.51. The predicted molar refractivity (Wildman–Crippen MR) is 106 cm³/mol. The fraction of sp³-hybridized carbons (Fsp3) is 0.500. The summed E-state index contributed by atoms with van der Waals surface area (Å²) in [5.41, 5.74) is 1.38. The van der Waals surface area contributed by atoms with Crippen molar-refractivity contribution in [2.24, 2.45) is 0 Å². The molecule has 3 heterocycles. The molecule has 1 saturated heterocycles. The van der Waals surface area contributed by atoms with E-state index in [0.717, 1.165) is 47.1 Å². The van der Waals surface area contributed by atoms with E-state index >= 15 is 0 Å². The second-order valence-electron chi connectivity index (χ2n) is 7.68. The molecule has 8 heteroatoms. The van der Waals surface area contributed by atoms with Crippen LogP contribution in [0.3, 0.4) is 0 Å². The van der Waals surface area contributed by atoms with Crippen LogP contribution < -0.4 is 5.32 Å². The van der Waals surface area contributed by atoms with Gasteiger partial charge in [-0.05, 0) is 32.8 Å². The number of carbonyl (C=O) groups is 3. The van der Waals surface area contributed by atoms with E-state index in [1.54, 1.807) is 12.3 Å². The molecule has 3 amide bonds. The van der Waals surface area contributed by atoms with Crippen LogP contribution in [0, 0.1) is 13.8 Å². The summed E-state index contributed by atoms with van der Waals surface area (Å²) in [6.45, 7) is 3.55. The molecule has 7 nitrogen and oxygen atoms in total. The number of thiazole rings is 1. The molecule has 1 aliphatic heterocycles. The number of imide groups is 1. The van der Waals surface area contributed by atoms with Gasteiger partial charge in [-0.25, -0.2) is 9.78 Å². The van der Waals surface area contributed by atoms with Gasteiger partial charge in [0.2, 0.25) is 0 Å². The summed E-state index contributed by atoms with van der Waals surface area (Å²) in [5.74, 6) is -0.480. The first kappa shape index (κ1) is 18.9. The Labute approximate surface area is 167 Å². The van der Waals surface area contributed by atoms with E-state index in [1.807, 2.05) is 23.8 Å². The van der Waals surface area contributed by atoms with E-state index < -0.39 is 11.6 Å². The van der Waals surface area contributed by atoms with Crippen LogP contribution in [0.25, 0.3) is 5.13 Å². The highest BCUT2D eigenvalue weighted by atomic mass is 32.1. The molecule has 2 aromatic heterocycles. The molecule has 1 spiro atoms. The van der Waals surface area contributed by atoms with Gasteiger partial charge in [-0.2, -0.15) is 0 Å². The maximum atomic E-state index is 13.0. The number of amides is 3. The molecule has 1 N–H and O–H groups in total. The van der Waals surface area contributed by atoms with Gasteiger partial charge in [-0.15, -0.1) is 11.3 Å². The first-order valence-corrected chi connectivity index (χ1v) is 10.6. The normalized spacial score (nSPS) is 19.1. The summed E-state index contributed by atoms with van der Waals surface area (Å²) in [7, 11) is 0. The van der Waals surface area contributed by atoms with Gasteiger partial charge in [-0.3, -0.25) is 19.1 Å². The average molecular weight is 401 g/mol. The fourth-order valence-corrected chi connectivity index (χ4v) is 5.14. The zero-order valence-corrected chi connectivity index (χ0v) is 17.0. The van der Waals surface area contributed by atoms with Crippen LogP contribution in [-0.2, 0) is 4.79 Å². The number of hydrogen-bond acceptors (Lipinski definition) is 5. The molecule has 0 atom stereocenters. The van der Waals surface area contributed by atoms with Crippen LogP contribution in [0.1, 0.15) is 60.3 Å². The quantitative estimate of drug-likeness (QED) is 0.630. The molecule has 148 valence electrons. The number of urea groups is 1. The summed E-state index contributed by atoms with van der Waals surface area (Å²) < 4.78 is 1.93. The van der Waals surface area contributed by atoms with Gasteiger partial charge in [0.25, 0.3) is 5.91 Å². The topological polar surface area (TPSA) is 84.3 Å². The summed E-state index contributed by atoms with van der Waals surface area (Å²) in [6.07, 6.45) is 7.02. The monoisotopic (exact) mass is 400 g/mol. The summed E-state index contributed by atoms with van der Waals surface area (Å²) in [4.78, 5) is 43.9. The number of rotatable bonds is 4. The zero-order chi connectivity index (χ0) is 19.9. The average Bonchev–Trinajstić information content (AvgIpc) is 3.27. The van der Waals surface area contributed by atoms with Crippen molar-refractivity contribution in [3.63, 3.8) is 0 Å². The lowest BCUT2D eigenvalue weighted by atomic mass is 9.90. The number of Topliss-reactive ketones (excluding diaryl/α,β-unsaturated/α-hetero) is 1. The maximum absolute atomic E-state index is 13.0. The molecule has 4 rings (SSSR count). The van der Waals surface area contributed by atoms with E-state index in [9.17, 15) is 14.4 Å². The molecule has 0 radical (unpaired) electrons. The Kier molecular flexibility index (Phi) is 4.82. The Morgan fingerprint density at radius 2 is 1.93 bits per heavy atom. The lowest BCUT2D eigenvalue weighted by molar-refractivity contribution is -0.131. The Balaban J connectivity index is 1.57. The third kappa shape index (κ3) is 3.05. The highest BCUT2D eigenvalue weighted by Crippen LogP contribution is 2.33. The first-order valence-electron chi connectivity index (χ1n) is 9.69. The SMILES string of the molecule is Cc1cc(C(=O)CN2C(=O)NC3(CCCCCC3)C2=O)c(C)n1-c1nccs1. The second kappa shape index (κ2) is 7.16. The smallest absolute Gasteiger partial charge is 0.323 e. The van der Waals surface area contributed by atoms with Crippen LogP contribution in [0.4, 0.5) is 4.79 Å². The molecular formula is C20H24N4O3S. The Morgan fingerprint density at radius 1 is 1.21 bits per heavy atom. The van der Waals surface area contributed by atoms with Crippen molar-refractivity contribution in [3.8, 4) is 5.13 Å². The van der Waals surface area contributed by atoms with E-state index in [2.05, 4.69) is 10.3 Å². The molecule has 0 aromatic carbocycles. The van der Waals surface area contributed by atoms with Crippen molar-refractivity contribution in [2.45, 2.75) is 57.9 Å². The third-order valence-corrected chi connectivity index (χ3v) is 6.60. The van der Waals surface area contributed by atoms with Crippen molar-refractivity contribution >= 4 is 29.1 Å². The Morgan fingerprint density at radius 3 is 2.57 bits per heavy atom. The van der Waals surface area contributed by atoms with Crippen LogP contribution in [-0.4, -0.2) is 44.3 Å². The number of carbonyl (C=O) groups excluding carboxylic acids is 3. The minimum atomic E-state index is -0.814. The summed E-state index contributed by atoms with van der Waals surface area (Å²) >= 11 is 1.49. The molecule has 1 saturated carbocycles. The standard InChI is InChI=1S/C20H24N4O3S/c1-13-11-15(14(2)24(13)19-21-9-10-28-19)16(25)12-23-17(26)20(22-18(23)27)7-5-3-4-6-8-20/h9-11H,3-8,12H2,1-2H3,(H,22,27). The molecule has 2 aromatic rings. The van der Waals surface area contributed by atoms with Gasteiger partial charge >= 0.3 is 6.03 Å². The molecule has 0 unspecified atom stereocenters. The molecule has 1 aliphatic carbocycles. The van der Waals surface area contributed by atoms with Crippen molar-refractivity contribution in [2.75, 3.05) is 6.54 Å². The minimum absolute atomic E-state index is 0.228. The largest absolute Gasteiger partial charge is 0.325 e. The molecule has 2 aliphatic rings. The van der Waals surface area contributed by atoms with E-state index in [1.165, 1.54) is 11.3 Å². The molecule has 2 fully saturated rings. The van der Waals surface area contributed by atoms with Crippen LogP contribution in [0.5, 0.6) is 0 Å².